The van der Waals surface area contributed by atoms with Gasteiger partial charge in [-0.1, -0.05) is 43.4 Å². The highest BCUT2D eigenvalue weighted by molar-refractivity contribution is 7.89. The maximum Gasteiger partial charge on any atom is 0.410 e. The minimum atomic E-state index is -4.58. The number of nitrogens with zero attached hydrogens (tertiary/aromatic N) is 3. The van der Waals surface area contributed by atoms with E-state index in [-0.39, 0.29) is 24.8 Å². The number of nitro groups is 1. The molecule has 2 atom stereocenters. The van der Waals surface area contributed by atoms with Crippen molar-refractivity contribution in [3.8, 4) is 0 Å². The number of ether oxygens (including phenoxy) is 1. The van der Waals surface area contributed by atoms with Crippen molar-refractivity contribution in [3.05, 3.63) is 58.2 Å². The Hall–Kier alpha value is -2.58. The van der Waals surface area contributed by atoms with E-state index in [0.29, 0.717) is 5.57 Å². The molecule has 0 aliphatic carbocycles. The number of carbonyl (C=O) groups is 1. The molecular weight excluding hydrogens is 566 g/mol. The summed E-state index contributed by atoms with van der Waals surface area (Å²) in [4.78, 5) is 31.2. The summed E-state index contributed by atoms with van der Waals surface area (Å²) in [6.07, 6.45) is 0.739. The van der Waals surface area contributed by atoms with Gasteiger partial charge in [-0.25, -0.2) is 13.2 Å². The van der Waals surface area contributed by atoms with E-state index in [1.54, 1.807) is 27.7 Å². The second-order valence-electron chi connectivity index (χ2n) is 12.7. The molecule has 0 fully saturated rings. The molecule has 1 aromatic rings. The van der Waals surface area contributed by atoms with Crippen LogP contribution in [0.5, 0.6) is 0 Å². The van der Waals surface area contributed by atoms with Crippen LogP contribution in [0.2, 0.25) is 18.1 Å². The van der Waals surface area contributed by atoms with Crippen LogP contribution in [-0.2, 0) is 24.0 Å². The molecule has 230 valence electrons. The summed E-state index contributed by atoms with van der Waals surface area (Å²) in [6, 6.07) is 3.55. The number of sulfonamides is 1. The van der Waals surface area contributed by atoms with E-state index in [9.17, 15) is 23.3 Å². The second kappa shape index (κ2) is 12.7. The summed E-state index contributed by atoms with van der Waals surface area (Å²) in [6.45, 7) is 22.9. The van der Waals surface area contributed by atoms with Gasteiger partial charge in [-0.2, -0.15) is 0 Å². The van der Waals surface area contributed by atoms with E-state index < -0.39 is 57.6 Å². The summed E-state index contributed by atoms with van der Waals surface area (Å²) < 4.78 is 40.9. The maximum atomic E-state index is 14.0. The molecule has 0 radical (unpaired) electrons. The summed E-state index contributed by atoms with van der Waals surface area (Å²) in [5.74, 6) is 0. The number of carbonyl (C=O) groups excluding carboxylic acids is 1. The Labute approximate surface area is 245 Å². The van der Waals surface area contributed by atoms with E-state index in [1.807, 2.05) is 6.92 Å². The lowest BCUT2D eigenvalue weighted by molar-refractivity contribution is -0.388. The van der Waals surface area contributed by atoms with Crippen LogP contribution >= 0.6 is 0 Å². The molecule has 0 saturated carbocycles. The van der Waals surface area contributed by atoms with Crippen LogP contribution < -0.4 is 0 Å². The molecule has 41 heavy (non-hydrogen) atoms. The Bertz CT molecular complexity index is 1280. The molecule has 0 N–H and O–H groups in total. The van der Waals surface area contributed by atoms with Crippen LogP contribution in [0.15, 0.2) is 53.0 Å². The van der Waals surface area contributed by atoms with Gasteiger partial charge in [-0.05, 0) is 70.0 Å². The van der Waals surface area contributed by atoms with Gasteiger partial charge >= 0.3 is 6.09 Å². The van der Waals surface area contributed by atoms with Crippen molar-refractivity contribution < 1.29 is 32.1 Å². The molecule has 2 rings (SSSR count). The predicted octanol–water partition coefficient (Wildman–Crippen LogP) is 6.05. The zero-order chi connectivity index (χ0) is 31.6. The highest BCUT2D eigenvalue weighted by atomic mass is 32.2. The molecule has 11 nitrogen and oxygen atoms in total. The molecule has 1 amide bonds. The van der Waals surface area contributed by atoms with Gasteiger partial charge in [0.1, 0.15) is 5.60 Å². The van der Waals surface area contributed by atoms with E-state index in [1.165, 1.54) is 23.1 Å². The molecule has 2 unspecified atom stereocenters. The first-order chi connectivity index (χ1) is 18.7. The molecule has 1 aliphatic rings. The van der Waals surface area contributed by atoms with Crippen LogP contribution in [0, 0.1) is 10.1 Å². The largest absolute Gasteiger partial charge is 0.444 e. The standard InChI is InChI=1S/C28H45N3O8SSi/c1-12-17-37-31(40(35,36)25-16-14-13-15-22(25)30(33)34)23-18-29(26(32)39-27(4,5)6)24(21(3)20(23)2)19-38-41(10,11)28(7,8)9/h12-16,23-24H,1,17-19H2,2-11H3. The maximum absolute atomic E-state index is 14.0. The fourth-order valence-electron chi connectivity index (χ4n) is 4.05. The van der Waals surface area contributed by atoms with Gasteiger partial charge in [0.05, 0.1) is 30.2 Å². The van der Waals surface area contributed by atoms with Crippen molar-refractivity contribution in [2.45, 2.75) is 96.1 Å². The third kappa shape index (κ3) is 8.04. The van der Waals surface area contributed by atoms with Gasteiger partial charge in [0, 0.05) is 12.6 Å². The number of hydroxylamine groups is 1. The lowest BCUT2D eigenvalue weighted by Gasteiger charge is -2.45. The third-order valence-electron chi connectivity index (χ3n) is 7.55. The first-order valence-electron chi connectivity index (χ1n) is 13.5. The Balaban J connectivity index is 2.68. The Morgan fingerprint density at radius 1 is 1.17 bits per heavy atom. The Morgan fingerprint density at radius 2 is 1.76 bits per heavy atom. The monoisotopic (exact) mass is 611 g/mol. The van der Waals surface area contributed by atoms with Crippen LogP contribution in [0.3, 0.4) is 0 Å². The van der Waals surface area contributed by atoms with Gasteiger partial charge in [0.25, 0.3) is 15.7 Å². The quantitative estimate of drug-likeness (QED) is 0.135. The minimum absolute atomic E-state index is 0.0680. The van der Waals surface area contributed by atoms with Crippen molar-refractivity contribution in [2.24, 2.45) is 0 Å². The number of hydrogen-bond acceptors (Lipinski definition) is 8. The molecule has 0 aromatic heterocycles. The van der Waals surface area contributed by atoms with Crippen molar-refractivity contribution in [3.63, 3.8) is 0 Å². The first kappa shape index (κ1) is 34.6. The van der Waals surface area contributed by atoms with Gasteiger partial charge < -0.3 is 9.16 Å². The van der Waals surface area contributed by atoms with E-state index >= 15 is 0 Å². The number of hydrogen-bond donors (Lipinski definition) is 0. The van der Waals surface area contributed by atoms with Gasteiger partial charge in [-0.15, -0.1) is 6.58 Å². The molecule has 0 spiro atoms. The van der Waals surface area contributed by atoms with Gasteiger partial charge in [0.2, 0.25) is 0 Å². The van der Waals surface area contributed by atoms with E-state index in [4.69, 9.17) is 14.0 Å². The smallest absolute Gasteiger partial charge is 0.410 e. The van der Waals surface area contributed by atoms with Crippen molar-refractivity contribution in [1.29, 1.82) is 0 Å². The molecule has 0 saturated heterocycles. The zero-order valence-corrected chi connectivity index (χ0v) is 27.7. The average Bonchev–Trinajstić information content (AvgIpc) is 2.83. The number of nitro benzene ring substituents is 1. The molecule has 1 aliphatic heterocycles. The van der Waals surface area contributed by atoms with Crippen molar-refractivity contribution >= 4 is 30.1 Å². The second-order valence-corrected chi connectivity index (χ2v) is 19.2. The van der Waals surface area contributed by atoms with Gasteiger partial charge in [-0.3, -0.25) is 19.9 Å². The molecule has 0 bridgehead atoms. The van der Waals surface area contributed by atoms with E-state index in [2.05, 4.69) is 40.4 Å². The first-order valence-corrected chi connectivity index (χ1v) is 17.8. The highest BCUT2D eigenvalue weighted by Gasteiger charge is 2.46. The molecule has 1 aromatic carbocycles. The third-order valence-corrected chi connectivity index (χ3v) is 13.8. The zero-order valence-electron chi connectivity index (χ0n) is 25.9. The number of amides is 1. The Morgan fingerprint density at radius 3 is 2.27 bits per heavy atom. The molecule has 1 heterocycles. The van der Waals surface area contributed by atoms with Crippen molar-refractivity contribution in [2.75, 3.05) is 19.8 Å². The topological polar surface area (TPSA) is 129 Å². The van der Waals surface area contributed by atoms with E-state index in [0.717, 1.165) is 22.2 Å². The fourth-order valence-corrected chi connectivity index (χ4v) is 6.67. The number of para-hydroxylation sites is 1. The lowest BCUT2D eigenvalue weighted by Crippen LogP contribution is -2.58. The van der Waals surface area contributed by atoms with Crippen LogP contribution in [-0.4, -0.2) is 74.6 Å². The van der Waals surface area contributed by atoms with Crippen LogP contribution in [0.25, 0.3) is 0 Å². The average molecular weight is 612 g/mol. The van der Waals surface area contributed by atoms with Crippen molar-refractivity contribution in [1.82, 2.24) is 9.37 Å². The summed E-state index contributed by atoms with van der Waals surface area (Å²) in [7, 11) is -6.78. The highest BCUT2D eigenvalue weighted by Crippen LogP contribution is 2.38. The predicted molar refractivity (Wildman–Crippen MR) is 160 cm³/mol. The summed E-state index contributed by atoms with van der Waals surface area (Å²) in [5, 5.41) is 11.6. The Kier molecular flexibility index (Phi) is 10.8. The number of benzene rings is 1. The fraction of sp³-hybridized carbons (Fsp3) is 0.607. The minimum Gasteiger partial charge on any atom is -0.444 e. The SMILES string of the molecule is C=CCON(C1CN(C(=O)OC(C)(C)C)C(CO[Si](C)(C)C(C)(C)C)C(C)=C1C)S(=O)(=O)c1ccccc1[N+](=O)[O-]. The van der Waals surface area contributed by atoms with Gasteiger partial charge in [0.15, 0.2) is 13.2 Å². The number of rotatable bonds is 10. The summed E-state index contributed by atoms with van der Waals surface area (Å²) in [5.41, 5.74) is -0.0359. The summed E-state index contributed by atoms with van der Waals surface area (Å²) >= 11 is 0. The van der Waals surface area contributed by atoms with Crippen LogP contribution in [0.4, 0.5) is 10.5 Å². The lowest BCUT2D eigenvalue weighted by atomic mass is 9.92. The molecular formula is C28H45N3O8SSi. The normalized spacial score (nSPS) is 19.0. The molecule has 13 heteroatoms. The van der Waals surface area contributed by atoms with Crippen LogP contribution in [0.1, 0.15) is 55.4 Å².